The number of fused-ring (bicyclic) bond motifs is 2. The van der Waals surface area contributed by atoms with Gasteiger partial charge in [-0.3, -0.25) is 0 Å². The van der Waals surface area contributed by atoms with E-state index < -0.39 is 0 Å². The van der Waals surface area contributed by atoms with Gasteiger partial charge >= 0.3 is 0 Å². The molecule has 0 aliphatic carbocycles. The SMILES string of the molecule is Cc1ccc2c(ccn2-c2csc(CCc3ncc(-c4nc5ccc(C)cc5o4)s3)c2)c1. The van der Waals surface area contributed by atoms with Gasteiger partial charge in [0.2, 0.25) is 5.89 Å². The monoisotopic (exact) mass is 455 g/mol. The number of nitrogens with zero attached hydrogens (tertiary/aromatic N) is 3. The van der Waals surface area contributed by atoms with Crippen LogP contribution in [0.2, 0.25) is 0 Å². The Bertz CT molecular complexity index is 1570. The molecule has 32 heavy (non-hydrogen) atoms. The normalized spacial score (nSPS) is 11.7. The van der Waals surface area contributed by atoms with Crippen LogP contribution in [0.15, 0.2) is 70.7 Å². The Morgan fingerprint density at radius 2 is 1.84 bits per heavy atom. The molecule has 0 atom stereocenters. The summed E-state index contributed by atoms with van der Waals surface area (Å²) in [4.78, 5) is 11.6. The summed E-state index contributed by atoms with van der Waals surface area (Å²) in [6.07, 6.45) is 5.93. The van der Waals surface area contributed by atoms with Crippen LogP contribution in [0.25, 0.3) is 38.5 Å². The summed E-state index contributed by atoms with van der Waals surface area (Å²) in [6, 6.07) is 17.2. The van der Waals surface area contributed by atoms with Crippen LogP contribution in [0.4, 0.5) is 0 Å². The highest BCUT2D eigenvalue weighted by Crippen LogP contribution is 2.30. The molecule has 6 rings (SSSR count). The van der Waals surface area contributed by atoms with E-state index in [0.717, 1.165) is 33.8 Å². The lowest BCUT2D eigenvalue weighted by atomic mass is 10.2. The molecule has 4 nitrogen and oxygen atoms in total. The van der Waals surface area contributed by atoms with E-state index in [0.29, 0.717) is 5.89 Å². The molecule has 0 amide bonds. The summed E-state index contributed by atoms with van der Waals surface area (Å²) in [6.45, 7) is 4.19. The van der Waals surface area contributed by atoms with Crippen molar-refractivity contribution < 1.29 is 4.42 Å². The van der Waals surface area contributed by atoms with Crippen molar-refractivity contribution >= 4 is 44.7 Å². The van der Waals surface area contributed by atoms with E-state index in [-0.39, 0.29) is 0 Å². The topological polar surface area (TPSA) is 43.9 Å². The van der Waals surface area contributed by atoms with E-state index in [1.54, 1.807) is 11.3 Å². The van der Waals surface area contributed by atoms with E-state index >= 15 is 0 Å². The fraction of sp³-hybridized carbons (Fsp3) is 0.154. The van der Waals surface area contributed by atoms with Crippen LogP contribution in [0.3, 0.4) is 0 Å². The van der Waals surface area contributed by atoms with E-state index in [1.807, 2.05) is 29.7 Å². The fourth-order valence-electron chi connectivity index (χ4n) is 4.01. The lowest BCUT2D eigenvalue weighted by Crippen LogP contribution is -1.90. The Balaban J connectivity index is 1.18. The van der Waals surface area contributed by atoms with Crippen molar-refractivity contribution in [1.29, 1.82) is 0 Å². The molecule has 158 valence electrons. The molecule has 0 saturated heterocycles. The molecule has 0 bridgehead atoms. The van der Waals surface area contributed by atoms with Gasteiger partial charge in [-0.15, -0.1) is 22.7 Å². The first-order valence-electron chi connectivity index (χ1n) is 10.6. The highest BCUT2D eigenvalue weighted by molar-refractivity contribution is 7.15. The number of thiazole rings is 1. The second-order valence-electron chi connectivity index (χ2n) is 8.13. The minimum atomic E-state index is 0.655. The molecular weight excluding hydrogens is 434 g/mol. The van der Waals surface area contributed by atoms with E-state index in [2.05, 4.69) is 76.4 Å². The number of hydrogen-bond acceptors (Lipinski definition) is 5. The van der Waals surface area contributed by atoms with Gasteiger partial charge in [-0.25, -0.2) is 9.97 Å². The first-order chi connectivity index (χ1) is 15.6. The molecule has 0 spiro atoms. The Morgan fingerprint density at radius 3 is 2.78 bits per heavy atom. The van der Waals surface area contributed by atoms with Crippen molar-refractivity contribution in [3.8, 4) is 16.5 Å². The molecule has 4 aromatic heterocycles. The molecule has 6 heteroatoms. The zero-order valence-electron chi connectivity index (χ0n) is 17.8. The van der Waals surface area contributed by atoms with E-state index in [4.69, 9.17) is 4.42 Å². The predicted molar refractivity (Wildman–Crippen MR) is 133 cm³/mol. The summed E-state index contributed by atoms with van der Waals surface area (Å²) >= 11 is 3.48. The number of benzene rings is 2. The van der Waals surface area contributed by atoms with Crippen molar-refractivity contribution in [3.63, 3.8) is 0 Å². The number of rotatable bonds is 5. The minimum Gasteiger partial charge on any atom is -0.435 e. The van der Waals surface area contributed by atoms with E-state index in [9.17, 15) is 0 Å². The van der Waals surface area contributed by atoms with E-state index in [1.165, 1.54) is 32.6 Å². The first-order valence-corrected chi connectivity index (χ1v) is 12.3. The smallest absolute Gasteiger partial charge is 0.239 e. The number of hydrogen-bond donors (Lipinski definition) is 0. The quantitative estimate of drug-likeness (QED) is 0.273. The van der Waals surface area contributed by atoms with Crippen LogP contribution in [-0.4, -0.2) is 14.5 Å². The van der Waals surface area contributed by atoms with Crippen molar-refractivity contribution in [3.05, 3.63) is 87.3 Å². The molecular formula is C26H21N3OS2. The average Bonchev–Trinajstić information content (AvgIpc) is 3.55. The largest absolute Gasteiger partial charge is 0.435 e. The van der Waals surface area contributed by atoms with Crippen LogP contribution in [0.5, 0.6) is 0 Å². The lowest BCUT2D eigenvalue weighted by molar-refractivity contribution is 0.621. The molecule has 6 aromatic rings. The summed E-state index contributed by atoms with van der Waals surface area (Å²) in [5.74, 6) is 0.655. The van der Waals surface area contributed by atoms with Crippen LogP contribution < -0.4 is 0 Å². The predicted octanol–water partition coefficient (Wildman–Crippen LogP) is 7.36. The van der Waals surface area contributed by atoms with Gasteiger partial charge in [0, 0.05) is 28.3 Å². The van der Waals surface area contributed by atoms with Gasteiger partial charge in [0.25, 0.3) is 0 Å². The Kier molecular flexibility index (Phi) is 4.70. The molecule has 0 saturated carbocycles. The molecule has 0 N–H and O–H groups in total. The van der Waals surface area contributed by atoms with Crippen molar-refractivity contribution in [2.45, 2.75) is 26.7 Å². The number of thiophene rings is 1. The third-order valence-electron chi connectivity index (χ3n) is 5.66. The van der Waals surface area contributed by atoms with Crippen molar-refractivity contribution in [1.82, 2.24) is 14.5 Å². The zero-order valence-corrected chi connectivity index (χ0v) is 19.5. The van der Waals surface area contributed by atoms with Gasteiger partial charge in [0.05, 0.1) is 22.4 Å². The third-order valence-corrected chi connectivity index (χ3v) is 7.69. The molecule has 0 aliphatic heterocycles. The van der Waals surface area contributed by atoms with Crippen molar-refractivity contribution in [2.24, 2.45) is 0 Å². The van der Waals surface area contributed by atoms with Gasteiger partial charge in [-0.2, -0.15) is 0 Å². The second kappa shape index (κ2) is 7.73. The Morgan fingerprint density at radius 1 is 0.969 bits per heavy atom. The van der Waals surface area contributed by atoms with Gasteiger partial charge < -0.3 is 8.98 Å². The maximum Gasteiger partial charge on any atom is 0.239 e. The highest BCUT2D eigenvalue weighted by atomic mass is 32.1. The molecule has 0 fully saturated rings. The number of aromatic nitrogens is 3. The molecule has 0 aliphatic rings. The van der Waals surface area contributed by atoms with Crippen LogP contribution in [-0.2, 0) is 12.8 Å². The van der Waals surface area contributed by atoms with Crippen LogP contribution in [0.1, 0.15) is 21.0 Å². The Hall–Kier alpha value is -3.22. The maximum atomic E-state index is 5.96. The Labute approximate surface area is 193 Å². The lowest BCUT2D eigenvalue weighted by Gasteiger charge is -2.02. The van der Waals surface area contributed by atoms with Gasteiger partial charge in [-0.1, -0.05) is 17.7 Å². The molecule has 4 heterocycles. The minimum absolute atomic E-state index is 0.655. The zero-order chi connectivity index (χ0) is 21.7. The number of aryl methyl sites for hydroxylation is 4. The average molecular weight is 456 g/mol. The summed E-state index contributed by atoms with van der Waals surface area (Å²) in [7, 11) is 0. The molecule has 0 radical (unpaired) electrons. The second-order valence-corrected chi connectivity index (χ2v) is 10.2. The maximum absolute atomic E-state index is 5.96. The van der Waals surface area contributed by atoms with Crippen molar-refractivity contribution in [2.75, 3.05) is 0 Å². The summed E-state index contributed by atoms with van der Waals surface area (Å²) in [5, 5.41) is 4.63. The summed E-state index contributed by atoms with van der Waals surface area (Å²) < 4.78 is 8.23. The standard InChI is InChI=1S/C26H21N3OS2/c1-16-4-7-22-18(11-16)9-10-29(22)19-13-20(31-15-19)5-8-25-27-14-24(32-25)26-28-21-6-3-17(2)12-23(21)30-26/h3-4,6-7,9-15H,5,8H2,1-2H3. The first kappa shape index (κ1) is 19.5. The van der Waals surface area contributed by atoms with Gasteiger partial charge in [-0.05, 0) is 62.2 Å². The highest BCUT2D eigenvalue weighted by Gasteiger charge is 2.13. The molecule has 0 unspecified atom stereocenters. The van der Waals surface area contributed by atoms with Gasteiger partial charge in [0.15, 0.2) is 5.58 Å². The number of oxazole rings is 1. The molecule has 2 aromatic carbocycles. The summed E-state index contributed by atoms with van der Waals surface area (Å²) in [5.41, 5.74) is 6.65. The third kappa shape index (κ3) is 3.55. The van der Waals surface area contributed by atoms with Crippen LogP contribution >= 0.6 is 22.7 Å². The van der Waals surface area contributed by atoms with Gasteiger partial charge in [0.1, 0.15) is 10.4 Å². The fourth-order valence-corrected chi connectivity index (χ4v) is 5.71. The van der Waals surface area contributed by atoms with Crippen LogP contribution in [0, 0.1) is 13.8 Å².